The van der Waals surface area contributed by atoms with Gasteiger partial charge in [0, 0.05) is 69.3 Å². The van der Waals surface area contributed by atoms with E-state index in [0.717, 1.165) is 22.9 Å². The van der Waals surface area contributed by atoms with Crippen LogP contribution >= 0.6 is 0 Å². The number of likely N-dealkylation sites (tertiary alicyclic amines) is 1. The van der Waals surface area contributed by atoms with Crippen LogP contribution in [0.4, 0.5) is 4.39 Å². The first-order valence-electron chi connectivity index (χ1n) is 34.8. The second kappa shape index (κ2) is 39.6. The summed E-state index contributed by atoms with van der Waals surface area (Å²) in [6.45, 7) is 4.76. The molecule has 10 atom stereocenters. The third-order valence-electron chi connectivity index (χ3n) is 17.6. The summed E-state index contributed by atoms with van der Waals surface area (Å²) in [6.07, 6.45) is -2.24. The molecule has 0 spiro atoms. The first-order chi connectivity index (χ1) is 50.9. The maximum absolute atomic E-state index is 15.1. The van der Waals surface area contributed by atoms with E-state index in [2.05, 4.69) is 63.5 Å². The summed E-state index contributed by atoms with van der Waals surface area (Å²) in [6, 6.07) is 16.4. The smallest absolute Gasteiger partial charge is 0.341 e. The number of hydrogen-bond acceptors (Lipinski definition) is 16. The standard InChI is InChI=1S/C73H93FN18O15/c1-39(2)31-53(63(98)85-52(16-9-29-81-73(78)79)70(105)92-30-10-17-59(92)69(104)91-61(75)71(106)107)86-62(97)51(15-8-28-80-72(76)77)84-65(100)55(34-42-21-26-48(94)27-22-42)88-68(103)58(37-60(95)96)90-67(102)57(36-46-38-82-50-14-7-6-13-49(46)50)89-66(101)56(33-41-19-24-47(74)25-20-41)87-64(99)54(83-40(3)93)35-43-18-23-44-11-4-5-12-45(44)32-43/h4-7,11-14,18-27,32,38-39,51-59,61,82,94H,8-10,15-17,28-31,33-37,75H2,1-3H3,(H,83,93)(H,84,100)(H,85,98)(H,86,97)(H,87,99)(H,88,103)(H,89,101)(H,90,102)(H,91,104)(H,95,96)(H,106,107)(H4,76,77,80)(H4,78,79,81)/t51-,52+,53+,54-,55+,56-,57-,58+,59+,61?/m1/s1. The molecule has 572 valence electrons. The average molecular weight is 1480 g/mol. The minimum absolute atomic E-state index is 0.0206. The Balaban J connectivity index is 1.17. The van der Waals surface area contributed by atoms with Crippen LogP contribution in [0.1, 0.15) is 94.4 Å². The zero-order valence-corrected chi connectivity index (χ0v) is 59.3. The molecule has 33 nitrogen and oxygen atoms in total. The number of phenolic OH excluding ortho intramolecular Hbond substituents is 1. The van der Waals surface area contributed by atoms with Crippen molar-refractivity contribution < 1.29 is 77.2 Å². The number of nitrogens with one attached hydrogen (secondary N) is 14. The SMILES string of the molecule is CC(=O)N[C@H](Cc1ccc2ccccc2c1)C(=O)N[C@H](Cc1ccc(F)cc1)C(=O)N[C@H](Cc1c[nH]c2ccccc12)C(=O)N[C@@H](CC(=O)O)C(=O)N[C@@H](Cc1ccc(O)cc1)C(=O)N[C@H](CCCNC(=N)N)C(=O)N[C@@H](CC(C)C)C(=O)N[C@@H](CCCNC(=N)N)C(=O)N1CCC[C@H]1C(=O)NC(N)C(=O)O. The number of para-hydroxylation sites is 1. The number of nitrogens with zero attached hydrogens (tertiary/aromatic N) is 1. The number of benzene rings is 5. The van der Waals surface area contributed by atoms with Crippen LogP contribution in [-0.4, -0.2) is 188 Å². The Labute approximate surface area is 615 Å². The van der Waals surface area contributed by atoms with Gasteiger partial charge in [0.25, 0.3) is 0 Å². The molecule has 1 aliphatic heterocycles. The van der Waals surface area contributed by atoms with Crippen LogP contribution < -0.4 is 75.7 Å². The highest BCUT2D eigenvalue weighted by molar-refractivity contribution is 6.00. The van der Waals surface area contributed by atoms with E-state index in [0.29, 0.717) is 39.6 Å². The first-order valence-corrected chi connectivity index (χ1v) is 34.8. The van der Waals surface area contributed by atoms with Gasteiger partial charge in [0.05, 0.1) is 6.42 Å². The monoisotopic (exact) mass is 1480 g/mol. The summed E-state index contributed by atoms with van der Waals surface area (Å²) < 4.78 is 14.4. The summed E-state index contributed by atoms with van der Waals surface area (Å²) in [7, 11) is 0. The fourth-order valence-electron chi connectivity index (χ4n) is 12.3. The summed E-state index contributed by atoms with van der Waals surface area (Å²) in [5.41, 5.74) is 19.0. The van der Waals surface area contributed by atoms with Crippen molar-refractivity contribution in [1.82, 2.24) is 68.4 Å². The molecule has 10 amide bonds. The highest BCUT2D eigenvalue weighted by atomic mass is 19.1. The molecule has 6 aromatic rings. The first kappa shape index (κ1) is 82.1. The molecule has 1 fully saturated rings. The van der Waals surface area contributed by atoms with Crippen molar-refractivity contribution in [2.24, 2.45) is 23.1 Å². The molecule has 0 radical (unpaired) electrons. The fraction of sp³-hybridized carbons (Fsp3) is 0.397. The number of fused-ring (bicyclic) bond motifs is 2. The minimum atomic E-state index is -2.04. The van der Waals surface area contributed by atoms with E-state index < -0.39 is 156 Å². The number of carbonyl (C=O) groups excluding carboxylic acids is 10. The largest absolute Gasteiger partial charge is 0.508 e. The van der Waals surface area contributed by atoms with E-state index in [1.807, 2.05) is 36.4 Å². The zero-order chi connectivity index (χ0) is 78.0. The Hall–Kier alpha value is -12.2. The second-order valence-corrected chi connectivity index (χ2v) is 26.5. The lowest BCUT2D eigenvalue weighted by atomic mass is 9.99. The van der Waals surface area contributed by atoms with Gasteiger partial charge in [-0.3, -0.25) is 63.6 Å². The predicted molar refractivity (Wildman–Crippen MR) is 391 cm³/mol. The fourth-order valence-corrected chi connectivity index (χ4v) is 12.3. The Kier molecular flexibility index (Phi) is 30.4. The van der Waals surface area contributed by atoms with Gasteiger partial charge in [0.1, 0.15) is 65.9 Å². The van der Waals surface area contributed by atoms with E-state index in [1.165, 1.54) is 48.2 Å². The van der Waals surface area contributed by atoms with Crippen LogP contribution in [0.15, 0.2) is 121 Å². The van der Waals surface area contributed by atoms with Crippen LogP contribution in [0, 0.1) is 22.6 Å². The van der Waals surface area contributed by atoms with Crippen molar-refractivity contribution in [1.29, 1.82) is 10.8 Å². The summed E-state index contributed by atoms with van der Waals surface area (Å²) in [5.74, 6) is -14.4. The number of aromatic amines is 1. The summed E-state index contributed by atoms with van der Waals surface area (Å²) in [5, 5.41) is 76.1. The zero-order valence-electron chi connectivity index (χ0n) is 59.3. The molecule has 1 unspecified atom stereocenters. The van der Waals surface area contributed by atoms with Crippen LogP contribution in [0.25, 0.3) is 21.7 Å². The van der Waals surface area contributed by atoms with Gasteiger partial charge in [-0.05, 0) is 114 Å². The molecule has 0 saturated carbocycles. The van der Waals surface area contributed by atoms with Gasteiger partial charge >= 0.3 is 11.9 Å². The Morgan fingerprint density at radius 1 is 0.561 bits per heavy atom. The molecule has 1 saturated heterocycles. The third kappa shape index (κ3) is 25.6. The van der Waals surface area contributed by atoms with Crippen molar-refractivity contribution in [2.75, 3.05) is 19.6 Å². The Morgan fingerprint density at radius 2 is 1.03 bits per heavy atom. The predicted octanol–water partition coefficient (Wildman–Crippen LogP) is -0.141. The maximum atomic E-state index is 15.1. The lowest BCUT2D eigenvalue weighted by Gasteiger charge is -2.31. The molecule has 1 aliphatic rings. The number of carbonyl (C=O) groups is 12. The maximum Gasteiger partial charge on any atom is 0.341 e. The average Bonchev–Trinajstić information content (AvgIpc) is 1.78. The van der Waals surface area contributed by atoms with Crippen LogP contribution in [0.2, 0.25) is 0 Å². The van der Waals surface area contributed by atoms with Crippen molar-refractivity contribution in [2.45, 2.75) is 158 Å². The van der Waals surface area contributed by atoms with Crippen LogP contribution in [-0.2, 0) is 83.2 Å². The number of aromatic nitrogens is 1. The number of amides is 10. The molecule has 23 N–H and O–H groups in total. The van der Waals surface area contributed by atoms with Crippen molar-refractivity contribution in [3.63, 3.8) is 0 Å². The number of aromatic hydroxyl groups is 1. The highest BCUT2D eigenvalue weighted by Gasteiger charge is 2.41. The number of phenols is 1. The van der Waals surface area contributed by atoms with E-state index in [4.69, 9.17) is 28.0 Å². The topological polar surface area (TPSA) is 543 Å². The minimum Gasteiger partial charge on any atom is -0.508 e. The molecular formula is C73H93FN18O15. The number of carboxylic acids is 2. The van der Waals surface area contributed by atoms with Gasteiger partial charge in [-0.15, -0.1) is 0 Å². The number of aliphatic carboxylic acids is 2. The molecular weight excluding hydrogens is 1390 g/mol. The van der Waals surface area contributed by atoms with E-state index in [1.54, 1.807) is 50.4 Å². The summed E-state index contributed by atoms with van der Waals surface area (Å²) >= 11 is 0. The van der Waals surface area contributed by atoms with Gasteiger partial charge in [0.15, 0.2) is 18.1 Å². The van der Waals surface area contributed by atoms with Crippen molar-refractivity contribution in [3.05, 3.63) is 150 Å². The molecule has 2 heterocycles. The van der Waals surface area contributed by atoms with Crippen molar-refractivity contribution >= 4 is 105 Å². The highest BCUT2D eigenvalue weighted by Crippen LogP contribution is 2.24. The lowest BCUT2D eigenvalue weighted by molar-refractivity contribution is -0.145. The lowest BCUT2D eigenvalue weighted by Crippen LogP contribution is -2.61. The third-order valence-corrected chi connectivity index (χ3v) is 17.6. The van der Waals surface area contributed by atoms with Gasteiger partial charge in [-0.1, -0.05) is 98.8 Å². The van der Waals surface area contributed by atoms with Crippen molar-refractivity contribution in [3.8, 4) is 5.75 Å². The van der Waals surface area contributed by atoms with Crippen LogP contribution in [0.3, 0.4) is 0 Å². The van der Waals surface area contributed by atoms with Crippen LogP contribution in [0.5, 0.6) is 5.75 Å². The van der Waals surface area contributed by atoms with E-state index >= 15 is 14.4 Å². The molecule has 1 aromatic heterocycles. The van der Waals surface area contributed by atoms with Gasteiger partial charge < -0.3 is 101 Å². The van der Waals surface area contributed by atoms with E-state index in [9.17, 15) is 62.9 Å². The number of carboxylic acid groups (broad SMARTS) is 2. The quantitative estimate of drug-likeness (QED) is 0.0103. The van der Waals surface area contributed by atoms with Gasteiger partial charge in [-0.2, -0.15) is 0 Å². The number of nitrogens with two attached hydrogens (primary N) is 3. The van der Waals surface area contributed by atoms with Gasteiger partial charge in [-0.25, -0.2) is 9.18 Å². The second-order valence-electron chi connectivity index (χ2n) is 26.5. The molecule has 34 heteroatoms. The molecule has 0 bridgehead atoms. The Bertz CT molecular complexity index is 4200. The van der Waals surface area contributed by atoms with Gasteiger partial charge in [0.2, 0.25) is 59.1 Å². The number of hydrogen-bond donors (Lipinski definition) is 20. The molecule has 0 aliphatic carbocycles. The number of rotatable bonds is 39. The Morgan fingerprint density at radius 3 is 1.60 bits per heavy atom. The molecule has 7 rings (SSSR count). The number of guanidine groups is 2. The number of halogens is 1. The number of H-pyrrole nitrogens is 1. The summed E-state index contributed by atoms with van der Waals surface area (Å²) in [4.78, 5) is 173. The normalized spacial score (nSPS) is 15.1. The molecule has 107 heavy (non-hydrogen) atoms. The molecule has 5 aromatic carbocycles. The van der Waals surface area contributed by atoms with E-state index in [-0.39, 0.29) is 95.0 Å².